The van der Waals surface area contributed by atoms with Crippen molar-refractivity contribution in [3.63, 3.8) is 0 Å². The third kappa shape index (κ3) is 5.71. The molecule has 3 aromatic rings. The van der Waals surface area contributed by atoms with Gasteiger partial charge in [-0.15, -0.1) is 11.3 Å². The van der Waals surface area contributed by atoms with Crippen molar-refractivity contribution in [3.05, 3.63) is 68.7 Å². The topological polar surface area (TPSA) is 100.0 Å². The monoisotopic (exact) mass is 491 g/mol. The molecular weight excluding hydrogens is 467 g/mol. The number of aryl methyl sites for hydroxylation is 2. The van der Waals surface area contributed by atoms with Crippen LogP contribution in [0.25, 0.3) is 0 Å². The number of carbonyl (C=O) groups is 1. The highest BCUT2D eigenvalue weighted by Crippen LogP contribution is 2.37. The van der Waals surface area contributed by atoms with Crippen LogP contribution in [-0.4, -0.2) is 35.2 Å². The van der Waals surface area contributed by atoms with Crippen LogP contribution >= 0.6 is 11.3 Å². The third-order valence-electron chi connectivity index (χ3n) is 4.93. The number of ether oxygens (including phenoxy) is 1. The summed E-state index contributed by atoms with van der Waals surface area (Å²) in [6, 6.07) is 8.38. The van der Waals surface area contributed by atoms with Crippen molar-refractivity contribution in [2.24, 2.45) is 0 Å². The molecule has 0 saturated heterocycles. The maximum absolute atomic E-state index is 13.9. The van der Waals surface area contributed by atoms with E-state index in [4.69, 9.17) is 10.1 Å². The summed E-state index contributed by atoms with van der Waals surface area (Å²) in [5, 5.41) is 14.6. The number of carbonyl (C=O) groups excluding carboxylic acids is 1. The lowest BCUT2D eigenvalue weighted by molar-refractivity contribution is -0.137. The number of amides is 1. The molecular formula is C23H24F3N5O2S. The number of pyridine rings is 1. The van der Waals surface area contributed by atoms with Gasteiger partial charge in [-0.25, -0.2) is 4.98 Å². The molecule has 0 fully saturated rings. The molecule has 2 aromatic heterocycles. The van der Waals surface area contributed by atoms with Crippen LogP contribution in [0.1, 0.15) is 45.2 Å². The van der Waals surface area contributed by atoms with E-state index in [9.17, 15) is 18.0 Å². The molecule has 1 atom stereocenters. The van der Waals surface area contributed by atoms with Gasteiger partial charge in [-0.05, 0) is 20.8 Å². The smallest absolute Gasteiger partial charge is 0.417 e. The van der Waals surface area contributed by atoms with E-state index in [-0.39, 0.29) is 23.5 Å². The zero-order valence-electron chi connectivity index (χ0n) is 19.0. The van der Waals surface area contributed by atoms with Gasteiger partial charge in [0.2, 0.25) is 5.88 Å². The van der Waals surface area contributed by atoms with Crippen molar-refractivity contribution in [2.75, 3.05) is 19.0 Å². The summed E-state index contributed by atoms with van der Waals surface area (Å²) in [6.07, 6.45) is -4.78. The Bertz CT molecular complexity index is 1200. The Labute approximate surface area is 198 Å². The van der Waals surface area contributed by atoms with Crippen molar-refractivity contribution < 1.29 is 22.7 Å². The molecule has 0 radical (unpaired) electrons. The average Bonchev–Trinajstić information content (AvgIpc) is 3.14. The largest absolute Gasteiger partial charge is 0.467 e. The highest BCUT2D eigenvalue weighted by atomic mass is 32.1. The summed E-state index contributed by atoms with van der Waals surface area (Å²) in [5.41, 5.74) is -0.786. The molecule has 34 heavy (non-hydrogen) atoms. The number of benzene rings is 1. The minimum absolute atomic E-state index is 0.180. The second-order valence-electron chi connectivity index (χ2n) is 7.47. The number of nitrogens with one attached hydrogen (secondary N) is 3. The SMILES string of the molecule is CNc1nc(OCC(=O)NC(C)c2nc(C)sc2C)cc(C(F)(F)F)c1C(=N)c1ccccc1. The van der Waals surface area contributed by atoms with Crippen LogP contribution in [0.3, 0.4) is 0 Å². The summed E-state index contributed by atoms with van der Waals surface area (Å²) in [7, 11) is 1.40. The summed E-state index contributed by atoms with van der Waals surface area (Å²) >= 11 is 1.51. The maximum Gasteiger partial charge on any atom is 0.417 e. The molecule has 7 nitrogen and oxygen atoms in total. The van der Waals surface area contributed by atoms with Gasteiger partial charge in [-0.2, -0.15) is 18.2 Å². The normalized spacial score (nSPS) is 12.2. The quantitative estimate of drug-likeness (QED) is 0.390. The first-order valence-electron chi connectivity index (χ1n) is 10.3. The average molecular weight is 492 g/mol. The highest BCUT2D eigenvalue weighted by Gasteiger charge is 2.37. The zero-order chi connectivity index (χ0) is 25.0. The lowest BCUT2D eigenvalue weighted by atomic mass is 9.98. The van der Waals surface area contributed by atoms with E-state index in [1.54, 1.807) is 37.3 Å². The first kappa shape index (κ1) is 25.2. The van der Waals surface area contributed by atoms with Crippen molar-refractivity contribution in [2.45, 2.75) is 33.0 Å². The van der Waals surface area contributed by atoms with E-state index >= 15 is 0 Å². The van der Waals surface area contributed by atoms with Crippen LogP contribution in [0.2, 0.25) is 0 Å². The number of alkyl halides is 3. The van der Waals surface area contributed by atoms with Gasteiger partial charge >= 0.3 is 6.18 Å². The first-order valence-corrected chi connectivity index (χ1v) is 11.1. The number of rotatable bonds is 8. The molecule has 180 valence electrons. The van der Waals surface area contributed by atoms with E-state index in [0.717, 1.165) is 15.6 Å². The molecule has 0 saturated carbocycles. The van der Waals surface area contributed by atoms with Crippen molar-refractivity contribution >= 4 is 28.8 Å². The Kier molecular flexibility index (Phi) is 7.55. The molecule has 0 aliphatic rings. The molecule has 0 aliphatic carbocycles. The predicted octanol–water partition coefficient (Wildman–Crippen LogP) is 4.89. The second-order valence-corrected chi connectivity index (χ2v) is 8.88. The fourth-order valence-electron chi connectivity index (χ4n) is 3.44. The number of hydrogen-bond acceptors (Lipinski definition) is 7. The Balaban J connectivity index is 1.83. The highest BCUT2D eigenvalue weighted by molar-refractivity contribution is 7.11. The van der Waals surface area contributed by atoms with Crippen LogP contribution in [0, 0.1) is 19.3 Å². The van der Waals surface area contributed by atoms with Gasteiger partial charge in [-0.3, -0.25) is 10.2 Å². The molecule has 3 rings (SSSR count). The van der Waals surface area contributed by atoms with Crippen LogP contribution in [0.15, 0.2) is 36.4 Å². The molecule has 1 unspecified atom stereocenters. The number of thiazole rings is 1. The van der Waals surface area contributed by atoms with Crippen LogP contribution in [0.5, 0.6) is 5.88 Å². The van der Waals surface area contributed by atoms with Crippen molar-refractivity contribution in [1.82, 2.24) is 15.3 Å². The molecule has 1 amide bonds. The number of aromatic nitrogens is 2. The van der Waals surface area contributed by atoms with Gasteiger partial charge < -0.3 is 15.4 Å². The van der Waals surface area contributed by atoms with Gasteiger partial charge in [-0.1, -0.05) is 30.3 Å². The number of halogens is 3. The maximum atomic E-state index is 13.9. The van der Waals surface area contributed by atoms with Gasteiger partial charge in [0.25, 0.3) is 5.91 Å². The van der Waals surface area contributed by atoms with Crippen LogP contribution in [-0.2, 0) is 11.0 Å². The van der Waals surface area contributed by atoms with E-state index < -0.39 is 29.8 Å². The van der Waals surface area contributed by atoms with Gasteiger partial charge in [0.1, 0.15) is 5.82 Å². The molecule has 2 heterocycles. The first-order chi connectivity index (χ1) is 16.0. The minimum atomic E-state index is -4.78. The summed E-state index contributed by atoms with van der Waals surface area (Å²) in [6.45, 7) is 5.00. The van der Waals surface area contributed by atoms with Gasteiger partial charge in [0, 0.05) is 23.6 Å². The van der Waals surface area contributed by atoms with Crippen LogP contribution in [0.4, 0.5) is 19.0 Å². The second kappa shape index (κ2) is 10.2. The Hall–Kier alpha value is -3.47. The minimum Gasteiger partial charge on any atom is -0.467 e. The van der Waals surface area contributed by atoms with Crippen molar-refractivity contribution in [1.29, 1.82) is 5.41 Å². The van der Waals surface area contributed by atoms with E-state index in [0.29, 0.717) is 11.6 Å². The van der Waals surface area contributed by atoms with Crippen LogP contribution < -0.4 is 15.4 Å². The molecule has 0 aliphatic heterocycles. The Morgan fingerprint density at radius 2 is 1.88 bits per heavy atom. The molecule has 11 heteroatoms. The molecule has 1 aromatic carbocycles. The molecule has 0 spiro atoms. The lowest BCUT2D eigenvalue weighted by Crippen LogP contribution is -2.32. The van der Waals surface area contributed by atoms with E-state index in [1.807, 2.05) is 13.8 Å². The number of anilines is 1. The summed E-state index contributed by atoms with van der Waals surface area (Å²) in [5.74, 6) is -1.09. The number of nitrogens with zero attached hydrogens (tertiary/aromatic N) is 2. The van der Waals surface area contributed by atoms with Gasteiger partial charge in [0.05, 0.1) is 33.6 Å². The van der Waals surface area contributed by atoms with E-state index in [2.05, 4.69) is 20.6 Å². The van der Waals surface area contributed by atoms with Crippen molar-refractivity contribution in [3.8, 4) is 5.88 Å². The standard InChI is InChI=1S/C23H24F3N5O2S/c1-12(21-13(2)34-14(3)30-21)29-17(32)11-33-18-10-16(23(24,25)26)19(22(28-4)31-18)20(27)15-8-6-5-7-9-15/h5-10,12,27H,11H2,1-4H3,(H,28,31)(H,29,32). The lowest BCUT2D eigenvalue weighted by Gasteiger charge is -2.19. The number of hydrogen-bond donors (Lipinski definition) is 3. The Morgan fingerprint density at radius 1 is 1.21 bits per heavy atom. The predicted molar refractivity (Wildman–Crippen MR) is 125 cm³/mol. The third-order valence-corrected chi connectivity index (χ3v) is 5.83. The summed E-state index contributed by atoms with van der Waals surface area (Å²) in [4.78, 5) is 21.8. The molecule has 0 bridgehead atoms. The Morgan fingerprint density at radius 3 is 2.44 bits per heavy atom. The van der Waals surface area contributed by atoms with E-state index in [1.165, 1.54) is 18.4 Å². The molecule has 3 N–H and O–H groups in total. The fourth-order valence-corrected chi connectivity index (χ4v) is 4.35. The van der Waals surface area contributed by atoms with Gasteiger partial charge in [0.15, 0.2) is 6.61 Å². The zero-order valence-corrected chi connectivity index (χ0v) is 19.8. The fraction of sp³-hybridized carbons (Fsp3) is 0.304. The summed E-state index contributed by atoms with van der Waals surface area (Å²) < 4.78 is 47.1.